The van der Waals surface area contributed by atoms with Gasteiger partial charge in [-0.15, -0.1) is 0 Å². The van der Waals surface area contributed by atoms with Crippen molar-refractivity contribution < 1.29 is 42.5 Å². The Morgan fingerprint density at radius 3 is 0.877 bits per heavy atom. The average molecular weight is 1100 g/mol. The van der Waals surface area contributed by atoms with Crippen molar-refractivity contribution in [2.75, 3.05) is 0 Å². The molecule has 0 aliphatic carbocycles. The SMILES string of the molecule is CC(C)CC(NC(Cc1ccccc1)C(=O)NC(=O)c1cnccn1)B1OB(C(CC(C)C)NC(Cc2ccccc2)C(=O)NC(=O)c2cnccn2)OB(C(CC(C)C)NC(Cc2ccccc2)C(=O)NC(=O)c2cnccn2)O1. The number of rotatable bonds is 27. The summed E-state index contributed by atoms with van der Waals surface area (Å²) in [5.74, 6) is -6.57. The van der Waals surface area contributed by atoms with Crippen LogP contribution in [0.5, 0.6) is 0 Å². The van der Waals surface area contributed by atoms with Gasteiger partial charge in [0.05, 0.1) is 36.7 Å². The second-order valence-corrected chi connectivity index (χ2v) is 21.2. The van der Waals surface area contributed by atoms with Crippen LogP contribution in [0.3, 0.4) is 0 Å². The lowest BCUT2D eigenvalue weighted by atomic mass is 9.57. The molecule has 0 saturated carbocycles. The zero-order valence-electron chi connectivity index (χ0n) is 46.4. The first-order valence-corrected chi connectivity index (χ1v) is 27.3. The van der Waals surface area contributed by atoms with E-state index in [0.29, 0.717) is 19.3 Å². The third kappa shape index (κ3) is 19.2. The van der Waals surface area contributed by atoms with Gasteiger partial charge in [0.2, 0.25) is 17.7 Å². The lowest BCUT2D eigenvalue weighted by Crippen LogP contribution is -2.69. The van der Waals surface area contributed by atoms with Crippen molar-refractivity contribution >= 4 is 56.8 Å². The molecule has 24 heteroatoms. The van der Waals surface area contributed by atoms with Gasteiger partial charge < -0.3 is 29.7 Å². The number of nitrogens with one attached hydrogen (secondary N) is 6. The smallest absolute Gasteiger partial charge is 0.447 e. The Morgan fingerprint density at radius 2 is 0.654 bits per heavy atom. The first-order chi connectivity index (χ1) is 39.1. The number of carbonyl (C=O) groups is 6. The minimum Gasteiger partial charge on any atom is -0.451 e. The van der Waals surface area contributed by atoms with E-state index in [9.17, 15) is 28.8 Å². The van der Waals surface area contributed by atoms with E-state index in [1.165, 1.54) is 55.8 Å². The maximum Gasteiger partial charge on any atom is 0.447 e. The first-order valence-electron chi connectivity index (χ1n) is 27.3. The van der Waals surface area contributed by atoms with E-state index in [1.54, 1.807) is 0 Å². The average Bonchev–Trinajstić information content (AvgIpc) is 3.47. The number of amides is 6. The van der Waals surface area contributed by atoms with Gasteiger partial charge in [0.25, 0.3) is 17.7 Å². The summed E-state index contributed by atoms with van der Waals surface area (Å²) in [5.41, 5.74) is 2.25. The minimum absolute atomic E-state index is 0.0261. The number of nitrogens with zero attached hydrogens (tertiary/aromatic N) is 6. The highest BCUT2D eigenvalue weighted by Crippen LogP contribution is 2.26. The predicted octanol–water partition coefficient (Wildman–Crippen LogP) is 4.22. The highest BCUT2D eigenvalue weighted by molar-refractivity contribution is 6.75. The Hall–Kier alpha value is -7.73. The fourth-order valence-corrected chi connectivity index (χ4v) is 9.40. The molecule has 3 aromatic carbocycles. The fourth-order valence-electron chi connectivity index (χ4n) is 9.40. The lowest BCUT2D eigenvalue weighted by Gasteiger charge is -2.42. The molecule has 1 aliphatic rings. The van der Waals surface area contributed by atoms with Gasteiger partial charge in [-0.25, -0.2) is 15.0 Å². The second kappa shape index (κ2) is 30.7. The quantitative estimate of drug-likeness (QED) is 0.0394. The molecule has 420 valence electrons. The van der Waals surface area contributed by atoms with Gasteiger partial charge in [0.15, 0.2) is 0 Å². The summed E-state index contributed by atoms with van der Waals surface area (Å²) in [6.45, 7) is 12.1. The molecule has 3 aromatic heterocycles. The van der Waals surface area contributed by atoms with E-state index in [0.717, 1.165) is 16.7 Å². The molecule has 7 rings (SSSR count). The summed E-state index contributed by atoms with van der Waals surface area (Å²) in [4.78, 5) is 108. The fraction of sp³-hybridized carbons (Fsp3) is 0.368. The maximum atomic E-state index is 14.5. The summed E-state index contributed by atoms with van der Waals surface area (Å²) in [5, 5.41) is 18.2. The molecule has 6 N–H and O–H groups in total. The van der Waals surface area contributed by atoms with Crippen molar-refractivity contribution in [2.24, 2.45) is 17.8 Å². The third-order valence-electron chi connectivity index (χ3n) is 13.1. The van der Waals surface area contributed by atoms with E-state index < -0.39 is 92.7 Å². The second-order valence-electron chi connectivity index (χ2n) is 21.2. The largest absolute Gasteiger partial charge is 0.451 e. The van der Waals surface area contributed by atoms with Crippen LogP contribution in [0.2, 0.25) is 0 Å². The van der Waals surface area contributed by atoms with Gasteiger partial charge in [-0.05, 0) is 73.0 Å². The van der Waals surface area contributed by atoms with E-state index >= 15 is 0 Å². The monoisotopic (exact) mass is 1100 g/mol. The minimum atomic E-state index is -1.20. The topological polar surface area (TPSA) is 280 Å². The summed E-state index contributed by atoms with van der Waals surface area (Å²) >= 11 is 0. The van der Waals surface area contributed by atoms with Gasteiger partial charge in [-0.3, -0.25) is 59.7 Å². The highest BCUT2D eigenvalue weighted by atomic mass is 16.7. The van der Waals surface area contributed by atoms with Crippen molar-refractivity contribution in [1.29, 1.82) is 0 Å². The number of carbonyl (C=O) groups excluding carboxylic acids is 6. The Morgan fingerprint density at radius 1 is 0.395 bits per heavy atom. The van der Waals surface area contributed by atoms with Gasteiger partial charge in [0, 0.05) is 55.0 Å². The summed E-state index contributed by atoms with van der Waals surface area (Å²) < 4.78 is 21.1. The number of benzene rings is 3. The number of imide groups is 3. The number of hydrogen-bond acceptors (Lipinski definition) is 18. The van der Waals surface area contributed by atoms with Gasteiger partial charge in [0.1, 0.15) is 17.1 Å². The highest BCUT2D eigenvalue weighted by Gasteiger charge is 2.52. The molecule has 1 aliphatic heterocycles. The Kier molecular flexibility index (Phi) is 23.1. The normalized spacial score (nSPS) is 14.9. The van der Waals surface area contributed by atoms with E-state index in [2.05, 4.69) is 61.8 Å². The standard InChI is InChI=1S/C57H69B3N12O9/c1-37(2)28-49(67-43(31-40-16-10-7-11-17-40)52(73)70-55(76)46-34-61-22-25-64-46)58-79-59(50(29-38(3)4)68-44(32-41-18-12-8-13-19-41)53(74)71-56(77)47-35-62-23-26-65-47)81-60(80-58)51(30-39(5)6)69-45(33-42-20-14-9-15-21-42)54(75)72-57(78)48-36-63-24-27-66-48/h7-27,34-39,43-45,49-51,67-69H,28-33H2,1-6H3,(H,70,73,76)(H,71,74,77)(H,72,75,78). The summed E-state index contributed by atoms with van der Waals surface area (Å²) in [7, 11) is -3.61. The molecule has 6 unspecified atom stereocenters. The van der Waals surface area contributed by atoms with Crippen LogP contribution in [0, 0.1) is 17.8 Å². The van der Waals surface area contributed by atoms with Crippen molar-refractivity contribution in [3.05, 3.63) is 181 Å². The van der Waals surface area contributed by atoms with Crippen molar-refractivity contribution in [2.45, 2.75) is 116 Å². The molecule has 6 atom stereocenters. The van der Waals surface area contributed by atoms with Crippen LogP contribution < -0.4 is 31.9 Å². The molecular weight excluding hydrogens is 1030 g/mol. The van der Waals surface area contributed by atoms with Crippen LogP contribution in [-0.2, 0) is 47.4 Å². The zero-order valence-corrected chi connectivity index (χ0v) is 46.4. The van der Waals surface area contributed by atoms with Crippen molar-refractivity contribution in [3.8, 4) is 0 Å². The van der Waals surface area contributed by atoms with Gasteiger partial charge >= 0.3 is 21.4 Å². The molecule has 21 nitrogen and oxygen atoms in total. The molecule has 6 aromatic rings. The van der Waals surface area contributed by atoms with E-state index in [4.69, 9.17) is 13.7 Å². The molecule has 6 amide bonds. The summed E-state index contributed by atoms with van der Waals surface area (Å²) in [6, 6.07) is 24.9. The molecule has 1 saturated heterocycles. The molecule has 1 fully saturated rings. The van der Waals surface area contributed by atoms with Gasteiger partial charge in [-0.1, -0.05) is 133 Å². The molecular formula is C57H69B3N12O9. The van der Waals surface area contributed by atoms with Crippen LogP contribution in [0.4, 0.5) is 0 Å². The van der Waals surface area contributed by atoms with Crippen LogP contribution in [0.1, 0.15) is 109 Å². The molecule has 0 radical (unpaired) electrons. The van der Waals surface area contributed by atoms with Crippen molar-refractivity contribution in [1.82, 2.24) is 61.8 Å². The first kappa shape index (κ1) is 60.9. The maximum absolute atomic E-state index is 14.5. The molecule has 4 heterocycles. The lowest BCUT2D eigenvalue weighted by molar-refractivity contribution is -0.123. The van der Waals surface area contributed by atoms with E-state index in [1.807, 2.05) is 133 Å². The van der Waals surface area contributed by atoms with Crippen LogP contribution in [0.15, 0.2) is 147 Å². The summed E-state index contributed by atoms with van der Waals surface area (Å²) in [6.07, 6.45) is 13.7. The Bertz CT molecular complexity index is 2630. The van der Waals surface area contributed by atoms with Crippen LogP contribution in [-0.4, -0.2) is 123 Å². The van der Waals surface area contributed by atoms with Crippen LogP contribution >= 0.6 is 0 Å². The van der Waals surface area contributed by atoms with Gasteiger partial charge in [-0.2, -0.15) is 0 Å². The molecule has 0 bridgehead atoms. The van der Waals surface area contributed by atoms with Crippen LogP contribution in [0.25, 0.3) is 0 Å². The molecule has 81 heavy (non-hydrogen) atoms. The van der Waals surface area contributed by atoms with Crippen molar-refractivity contribution in [3.63, 3.8) is 0 Å². The predicted molar refractivity (Wildman–Crippen MR) is 305 cm³/mol. The zero-order chi connectivity index (χ0) is 57.7. The molecule has 0 spiro atoms. The Balaban J connectivity index is 1.30. The number of aromatic nitrogens is 6. The van der Waals surface area contributed by atoms with E-state index in [-0.39, 0.29) is 54.1 Å². The third-order valence-corrected chi connectivity index (χ3v) is 13.1. The number of hydrogen-bond donors (Lipinski definition) is 6. The Labute approximate surface area is 473 Å².